The summed E-state index contributed by atoms with van der Waals surface area (Å²) in [6, 6.07) is 2.35. The van der Waals surface area contributed by atoms with Gasteiger partial charge in [-0.1, -0.05) is 0 Å². The number of nitrogens with one attached hydrogen (secondary N) is 1. The van der Waals surface area contributed by atoms with Gasteiger partial charge in [-0.25, -0.2) is 4.98 Å². The van der Waals surface area contributed by atoms with E-state index >= 15 is 0 Å². The first kappa shape index (κ1) is 11.3. The molecule has 1 fully saturated rings. The van der Waals surface area contributed by atoms with E-state index in [1.807, 2.05) is 0 Å². The standard InChI is InChI=1S/C12H10F3N3/c13-12(14,15)10-4-3-8(5-16-10)11-17-6-9(18-11)7-1-2-7/h3-7H,1-2H2,(H,17,18). The number of nitrogens with zero attached hydrogens (tertiary/aromatic N) is 2. The van der Waals surface area contributed by atoms with Crippen LogP contribution in [0.15, 0.2) is 24.5 Å². The van der Waals surface area contributed by atoms with E-state index in [4.69, 9.17) is 0 Å². The highest BCUT2D eigenvalue weighted by Gasteiger charge is 2.32. The van der Waals surface area contributed by atoms with E-state index in [-0.39, 0.29) is 0 Å². The van der Waals surface area contributed by atoms with Gasteiger partial charge in [-0.3, -0.25) is 4.98 Å². The molecule has 1 N–H and O–H groups in total. The molecular weight excluding hydrogens is 243 g/mol. The minimum atomic E-state index is -4.40. The minimum absolute atomic E-state index is 0.536. The molecule has 18 heavy (non-hydrogen) atoms. The zero-order chi connectivity index (χ0) is 12.8. The molecular formula is C12H10F3N3. The van der Waals surface area contributed by atoms with E-state index in [2.05, 4.69) is 15.0 Å². The molecule has 1 aliphatic carbocycles. The Morgan fingerprint density at radius 3 is 2.44 bits per heavy atom. The molecule has 0 radical (unpaired) electrons. The zero-order valence-corrected chi connectivity index (χ0v) is 9.33. The fourth-order valence-electron chi connectivity index (χ4n) is 1.79. The topological polar surface area (TPSA) is 41.6 Å². The van der Waals surface area contributed by atoms with Crippen molar-refractivity contribution >= 4 is 0 Å². The Morgan fingerprint density at radius 1 is 1.11 bits per heavy atom. The fraction of sp³-hybridized carbons (Fsp3) is 0.333. The first-order chi connectivity index (χ1) is 8.54. The summed E-state index contributed by atoms with van der Waals surface area (Å²) in [6.45, 7) is 0. The van der Waals surface area contributed by atoms with Gasteiger partial charge in [0.25, 0.3) is 0 Å². The molecule has 2 aromatic rings. The molecule has 3 rings (SSSR count). The Hall–Kier alpha value is -1.85. The molecule has 0 aromatic carbocycles. The van der Waals surface area contributed by atoms with Crippen molar-refractivity contribution in [3.8, 4) is 11.4 Å². The van der Waals surface area contributed by atoms with E-state index in [0.29, 0.717) is 17.3 Å². The lowest BCUT2D eigenvalue weighted by Gasteiger charge is -2.05. The van der Waals surface area contributed by atoms with Gasteiger partial charge >= 0.3 is 6.18 Å². The van der Waals surface area contributed by atoms with E-state index < -0.39 is 11.9 Å². The van der Waals surface area contributed by atoms with Gasteiger partial charge in [-0.15, -0.1) is 0 Å². The SMILES string of the molecule is FC(F)(F)c1ccc(-c2ncc(C3CC3)[nH]2)cn1. The van der Waals surface area contributed by atoms with Crippen LogP contribution in [0.25, 0.3) is 11.4 Å². The number of aromatic nitrogens is 3. The highest BCUT2D eigenvalue weighted by molar-refractivity contribution is 5.54. The lowest BCUT2D eigenvalue weighted by Crippen LogP contribution is -2.07. The number of alkyl halides is 3. The Morgan fingerprint density at radius 2 is 1.89 bits per heavy atom. The second-order valence-corrected chi connectivity index (χ2v) is 4.39. The number of rotatable bonds is 2. The third-order valence-corrected chi connectivity index (χ3v) is 2.94. The molecule has 94 valence electrons. The molecule has 0 saturated heterocycles. The molecule has 1 saturated carbocycles. The summed E-state index contributed by atoms with van der Waals surface area (Å²) in [4.78, 5) is 10.7. The van der Waals surface area contributed by atoms with Crippen molar-refractivity contribution < 1.29 is 13.2 Å². The van der Waals surface area contributed by atoms with Crippen molar-refractivity contribution in [1.29, 1.82) is 0 Å². The lowest BCUT2D eigenvalue weighted by molar-refractivity contribution is -0.141. The van der Waals surface area contributed by atoms with E-state index in [9.17, 15) is 13.2 Å². The largest absolute Gasteiger partial charge is 0.433 e. The normalized spacial score (nSPS) is 15.9. The smallest absolute Gasteiger partial charge is 0.342 e. The maximum Gasteiger partial charge on any atom is 0.433 e. The first-order valence-electron chi connectivity index (χ1n) is 5.62. The third kappa shape index (κ3) is 2.10. The highest BCUT2D eigenvalue weighted by atomic mass is 19.4. The quantitative estimate of drug-likeness (QED) is 0.891. The monoisotopic (exact) mass is 253 g/mol. The van der Waals surface area contributed by atoms with Crippen molar-refractivity contribution in [3.63, 3.8) is 0 Å². The highest BCUT2D eigenvalue weighted by Crippen LogP contribution is 2.39. The second-order valence-electron chi connectivity index (χ2n) is 4.39. The number of hydrogen-bond acceptors (Lipinski definition) is 2. The Kier molecular flexibility index (Phi) is 2.39. The number of H-pyrrole nitrogens is 1. The Balaban J connectivity index is 1.87. The summed E-state index contributed by atoms with van der Waals surface area (Å²) in [7, 11) is 0. The maximum atomic E-state index is 12.4. The van der Waals surface area contributed by atoms with Gasteiger partial charge in [0.05, 0.1) is 0 Å². The Bertz CT molecular complexity index is 553. The molecule has 0 unspecified atom stereocenters. The van der Waals surface area contributed by atoms with Crippen LogP contribution >= 0.6 is 0 Å². The summed E-state index contributed by atoms with van der Waals surface area (Å²) in [5.74, 6) is 1.10. The molecule has 0 spiro atoms. The fourth-order valence-corrected chi connectivity index (χ4v) is 1.79. The van der Waals surface area contributed by atoms with Crippen LogP contribution in [0, 0.1) is 0 Å². The molecule has 2 heterocycles. The molecule has 0 bridgehead atoms. The Labute approximate surface area is 101 Å². The number of pyridine rings is 1. The van der Waals surface area contributed by atoms with Crippen molar-refractivity contribution in [2.75, 3.05) is 0 Å². The number of aromatic amines is 1. The molecule has 0 amide bonds. The average Bonchev–Trinajstić information content (AvgIpc) is 3.06. The molecule has 3 nitrogen and oxygen atoms in total. The van der Waals surface area contributed by atoms with Crippen molar-refractivity contribution in [1.82, 2.24) is 15.0 Å². The van der Waals surface area contributed by atoms with E-state index in [1.165, 1.54) is 12.3 Å². The summed E-state index contributed by atoms with van der Waals surface area (Å²) in [5, 5.41) is 0. The predicted molar refractivity (Wildman–Crippen MR) is 58.8 cm³/mol. The molecule has 6 heteroatoms. The van der Waals surface area contributed by atoms with Crippen LogP contribution in [0.1, 0.15) is 30.1 Å². The molecule has 0 atom stereocenters. The zero-order valence-electron chi connectivity index (χ0n) is 9.33. The predicted octanol–water partition coefficient (Wildman–Crippen LogP) is 3.37. The van der Waals surface area contributed by atoms with Crippen LogP contribution in [0.2, 0.25) is 0 Å². The van der Waals surface area contributed by atoms with Crippen LogP contribution in [-0.2, 0) is 6.18 Å². The number of halogens is 3. The van der Waals surface area contributed by atoms with Gasteiger partial charge in [0, 0.05) is 29.6 Å². The van der Waals surface area contributed by atoms with Crippen LogP contribution in [-0.4, -0.2) is 15.0 Å². The average molecular weight is 253 g/mol. The number of hydrogen-bond donors (Lipinski definition) is 1. The first-order valence-corrected chi connectivity index (χ1v) is 5.62. The van der Waals surface area contributed by atoms with Gasteiger partial charge < -0.3 is 4.98 Å². The van der Waals surface area contributed by atoms with Crippen molar-refractivity contribution in [2.45, 2.75) is 24.9 Å². The van der Waals surface area contributed by atoms with Gasteiger partial charge in [0.1, 0.15) is 11.5 Å². The number of imidazole rings is 1. The summed E-state index contributed by atoms with van der Waals surface area (Å²) in [5.41, 5.74) is 0.722. The van der Waals surface area contributed by atoms with Gasteiger partial charge in [0.2, 0.25) is 0 Å². The summed E-state index contributed by atoms with van der Waals surface area (Å²) < 4.78 is 37.1. The van der Waals surface area contributed by atoms with Gasteiger partial charge in [0.15, 0.2) is 0 Å². The minimum Gasteiger partial charge on any atom is -0.342 e. The third-order valence-electron chi connectivity index (χ3n) is 2.94. The van der Waals surface area contributed by atoms with Gasteiger partial charge in [-0.2, -0.15) is 13.2 Å². The van der Waals surface area contributed by atoms with Crippen LogP contribution in [0.5, 0.6) is 0 Å². The molecule has 1 aliphatic rings. The van der Waals surface area contributed by atoms with Crippen molar-refractivity contribution in [3.05, 3.63) is 35.9 Å². The van der Waals surface area contributed by atoms with Crippen LogP contribution < -0.4 is 0 Å². The second kappa shape index (κ2) is 3.83. The molecule has 2 aromatic heterocycles. The van der Waals surface area contributed by atoms with Crippen LogP contribution in [0.4, 0.5) is 13.2 Å². The van der Waals surface area contributed by atoms with Crippen LogP contribution in [0.3, 0.4) is 0 Å². The molecule has 0 aliphatic heterocycles. The lowest BCUT2D eigenvalue weighted by atomic mass is 10.2. The summed E-state index contributed by atoms with van der Waals surface area (Å²) >= 11 is 0. The van der Waals surface area contributed by atoms with Crippen molar-refractivity contribution in [2.24, 2.45) is 0 Å². The van der Waals surface area contributed by atoms with Gasteiger partial charge in [-0.05, 0) is 25.0 Å². The van der Waals surface area contributed by atoms with E-state index in [1.54, 1.807) is 6.20 Å². The van der Waals surface area contributed by atoms with E-state index in [0.717, 1.165) is 24.6 Å². The maximum absolute atomic E-state index is 12.4. The summed E-state index contributed by atoms with van der Waals surface area (Å²) in [6.07, 6.45) is 0.823.